The normalized spacial score (nSPS) is 10.4. The van der Waals surface area contributed by atoms with Gasteiger partial charge in [0.2, 0.25) is 0 Å². The third kappa shape index (κ3) is 4.66. The number of hydrogen-bond acceptors (Lipinski definition) is 4. The molecule has 0 heterocycles. The maximum absolute atomic E-state index is 12.5. The molecule has 0 aliphatic rings. The van der Waals surface area contributed by atoms with Crippen LogP contribution in [0.25, 0.3) is 0 Å². The fraction of sp³-hybridized carbons (Fsp3) is 0.0952. The van der Waals surface area contributed by atoms with Crippen LogP contribution in [0.1, 0.15) is 15.9 Å². The van der Waals surface area contributed by atoms with Crippen molar-refractivity contribution in [2.45, 2.75) is 6.54 Å². The van der Waals surface area contributed by atoms with Crippen LogP contribution < -0.4 is 10.2 Å². The highest BCUT2D eigenvalue weighted by Crippen LogP contribution is 2.25. The predicted molar refractivity (Wildman–Crippen MR) is 111 cm³/mol. The lowest BCUT2D eigenvalue weighted by Crippen LogP contribution is -2.17. The molecular weight excluding hydrogens is 378 g/mol. The molecule has 0 aromatic heterocycles. The second-order valence-corrected chi connectivity index (χ2v) is 6.70. The number of nitrogens with one attached hydrogen (secondary N) is 1. The summed E-state index contributed by atoms with van der Waals surface area (Å²) >= 11 is 5.88. The number of nitro groups is 1. The fourth-order valence-electron chi connectivity index (χ4n) is 2.80. The molecule has 142 valence electrons. The van der Waals surface area contributed by atoms with E-state index in [0.29, 0.717) is 5.69 Å². The summed E-state index contributed by atoms with van der Waals surface area (Å²) in [7, 11) is 1.98. The van der Waals surface area contributed by atoms with Crippen molar-refractivity contribution in [1.82, 2.24) is 0 Å². The first-order chi connectivity index (χ1) is 13.4. The summed E-state index contributed by atoms with van der Waals surface area (Å²) < 4.78 is 0. The Morgan fingerprint density at radius 2 is 1.75 bits per heavy atom. The van der Waals surface area contributed by atoms with E-state index >= 15 is 0 Å². The zero-order valence-corrected chi connectivity index (χ0v) is 15.9. The molecule has 7 heteroatoms. The lowest BCUT2D eigenvalue weighted by Gasteiger charge is -2.19. The van der Waals surface area contributed by atoms with Crippen LogP contribution >= 0.6 is 11.6 Å². The lowest BCUT2D eigenvalue weighted by atomic mass is 10.1. The maximum Gasteiger partial charge on any atom is 0.282 e. The first-order valence-electron chi connectivity index (χ1n) is 8.54. The van der Waals surface area contributed by atoms with Crippen molar-refractivity contribution < 1.29 is 9.72 Å². The van der Waals surface area contributed by atoms with E-state index in [1.165, 1.54) is 23.8 Å². The molecule has 0 spiro atoms. The predicted octanol–water partition coefficient (Wildman–Crippen LogP) is 5.14. The molecule has 0 aliphatic carbocycles. The Morgan fingerprint density at radius 3 is 2.39 bits per heavy atom. The quantitative estimate of drug-likeness (QED) is 0.463. The summed E-state index contributed by atoms with van der Waals surface area (Å²) in [4.78, 5) is 25.1. The summed E-state index contributed by atoms with van der Waals surface area (Å²) in [5.74, 6) is -0.584. The molecule has 0 bridgehead atoms. The van der Waals surface area contributed by atoms with Crippen molar-refractivity contribution in [2.24, 2.45) is 0 Å². The van der Waals surface area contributed by atoms with Gasteiger partial charge in [0, 0.05) is 36.1 Å². The Bertz CT molecular complexity index is 992. The molecule has 0 saturated carbocycles. The first kappa shape index (κ1) is 19.4. The van der Waals surface area contributed by atoms with E-state index < -0.39 is 10.8 Å². The molecule has 0 radical (unpaired) electrons. The number of carbonyl (C=O) groups excluding carboxylic acids is 1. The molecule has 3 aromatic carbocycles. The number of hydrogen-bond donors (Lipinski definition) is 1. The van der Waals surface area contributed by atoms with Crippen molar-refractivity contribution in [1.29, 1.82) is 0 Å². The van der Waals surface area contributed by atoms with Gasteiger partial charge in [-0.05, 0) is 42.0 Å². The van der Waals surface area contributed by atoms with Crippen molar-refractivity contribution in [3.05, 3.63) is 99.1 Å². The molecule has 6 nitrogen and oxygen atoms in total. The number of nitro benzene ring substituents is 1. The molecule has 1 amide bonds. The number of nitrogens with zero attached hydrogens (tertiary/aromatic N) is 2. The average molecular weight is 396 g/mol. The molecule has 0 atom stereocenters. The molecule has 0 aliphatic heterocycles. The van der Waals surface area contributed by atoms with Crippen molar-refractivity contribution >= 4 is 34.6 Å². The molecular formula is C21H18ClN3O3. The Balaban J connectivity index is 1.71. The number of amides is 1. The smallest absolute Gasteiger partial charge is 0.282 e. The number of carbonyl (C=O) groups is 1. The van der Waals surface area contributed by atoms with Gasteiger partial charge in [0.1, 0.15) is 5.56 Å². The standard InChI is InChI=1S/C21H18ClN3O3/c1-24(14-15-5-3-2-4-6-15)18-10-8-17(9-11-18)23-21(26)19-13-16(22)7-12-20(19)25(27)28/h2-13H,14H2,1H3,(H,23,26). The second-order valence-electron chi connectivity index (χ2n) is 6.26. The minimum absolute atomic E-state index is 0.0808. The molecule has 1 N–H and O–H groups in total. The van der Waals surface area contributed by atoms with Crippen molar-refractivity contribution in [3.8, 4) is 0 Å². The van der Waals surface area contributed by atoms with E-state index in [2.05, 4.69) is 22.3 Å². The fourth-order valence-corrected chi connectivity index (χ4v) is 2.97. The lowest BCUT2D eigenvalue weighted by molar-refractivity contribution is -0.385. The van der Waals surface area contributed by atoms with E-state index in [4.69, 9.17) is 11.6 Å². The van der Waals surface area contributed by atoms with Crippen LogP contribution in [-0.2, 0) is 6.54 Å². The van der Waals surface area contributed by atoms with Crippen LogP contribution in [0.2, 0.25) is 5.02 Å². The van der Waals surface area contributed by atoms with Gasteiger partial charge in [0.25, 0.3) is 11.6 Å². The summed E-state index contributed by atoms with van der Waals surface area (Å²) in [5.41, 5.74) is 2.34. The van der Waals surface area contributed by atoms with Gasteiger partial charge in [0.05, 0.1) is 4.92 Å². The third-order valence-corrected chi connectivity index (χ3v) is 4.46. The third-order valence-electron chi connectivity index (χ3n) is 4.23. The Morgan fingerprint density at radius 1 is 1.07 bits per heavy atom. The van der Waals surface area contributed by atoms with Crippen molar-refractivity contribution in [2.75, 3.05) is 17.3 Å². The van der Waals surface area contributed by atoms with Crippen LogP contribution in [-0.4, -0.2) is 17.9 Å². The topological polar surface area (TPSA) is 75.5 Å². The van der Waals surface area contributed by atoms with Crippen LogP contribution in [0.3, 0.4) is 0 Å². The molecule has 28 heavy (non-hydrogen) atoms. The zero-order valence-electron chi connectivity index (χ0n) is 15.1. The minimum atomic E-state index is -0.604. The van der Waals surface area contributed by atoms with E-state index in [0.717, 1.165) is 12.2 Å². The van der Waals surface area contributed by atoms with Crippen LogP contribution in [0, 0.1) is 10.1 Å². The largest absolute Gasteiger partial charge is 0.370 e. The van der Waals surface area contributed by atoms with E-state index in [-0.39, 0.29) is 16.3 Å². The summed E-state index contributed by atoms with van der Waals surface area (Å²) in [6, 6.07) is 21.3. The monoisotopic (exact) mass is 395 g/mol. The summed E-state index contributed by atoms with van der Waals surface area (Å²) in [5, 5.41) is 14.1. The van der Waals surface area contributed by atoms with E-state index in [1.54, 1.807) is 12.1 Å². The van der Waals surface area contributed by atoms with Crippen LogP contribution in [0.15, 0.2) is 72.8 Å². The zero-order chi connectivity index (χ0) is 20.1. The Labute approximate surface area is 167 Å². The molecule has 0 unspecified atom stereocenters. The highest BCUT2D eigenvalue weighted by atomic mass is 35.5. The summed E-state index contributed by atoms with van der Waals surface area (Å²) in [6.45, 7) is 0.751. The number of benzene rings is 3. The average Bonchev–Trinajstić information content (AvgIpc) is 2.69. The van der Waals surface area contributed by atoms with Gasteiger partial charge in [-0.3, -0.25) is 14.9 Å². The van der Waals surface area contributed by atoms with Crippen LogP contribution in [0.4, 0.5) is 17.1 Å². The number of rotatable bonds is 6. The van der Waals surface area contributed by atoms with Gasteiger partial charge in [-0.1, -0.05) is 41.9 Å². The Kier molecular flexibility index (Phi) is 5.91. The molecule has 0 fully saturated rings. The minimum Gasteiger partial charge on any atom is -0.370 e. The molecule has 3 rings (SSSR count). The van der Waals surface area contributed by atoms with Gasteiger partial charge in [0.15, 0.2) is 0 Å². The van der Waals surface area contributed by atoms with E-state index in [1.807, 2.05) is 37.4 Å². The van der Waals surface area contributed by atoms with Gasteiger partial charge in [-0.15, -0.1) is 0 Å². The Hall–Kier alpha value is -3.38. The van der Waals surface area contributed by atoms with E-state index in [9.17, 15) is 14.9 Å². The number of anilines is 2. The van der Waals surface area contributed by atoms with Crippen molar-refractivity contribution in [3.63, 3.8) is 0 Å². The molecule has 0 saturated heterocycles. The van der Waals surface area contributed by atoms with Gasteiger partial charge < -0.3 is 10.2 Å². The van der Waals surface area contributed by atoms with Crippen LogP contribution in [0.5, 0.6) is 0 Å². The summed E-state index contributed by atoms with van der Waals surface area (Å²) in [6.07, 6.45) is 0. The van der Waals surface area contributed by atoms with Gasteiger partial charge in [-0.25, -0.2) is 0 Å². The van der Waals surface area contributed by atoms with Gasteiger partial charge in [-0.2, -0.15) is 0 Å². The second kappa shape index (κ2) is 8.54. The number of halogens is 1. The molecule has 3 aromatic rings. The SMILES string of the molecule is CN(Cc1ccccc1)c1ccc(NC(=O)c2cc(Cl)ccc2[N+](=O)[O-])cc1. The van der Waals surface area contributed by atoms with Gasteiger partial charge >= 0.3 is 0 Å². The maximum atomic E-state index is 12.5. The first-order valence-corrected chi connectivity index (χ1v) is 8.92. The highest BCUT2D eigenvalue weighted by molar-refractivity contribution is 6.31. The highest BCUT2D eigenvalue weighted by Gasteiger charge is 2.20.